The molecule has 3 aromatic carbocycles. The number of nitrogens with zero attached hydrogens (tertiary/aromatic N) is 7. The number of aromatic hydroxyl groups is 1. The number of alkyl halides is 2. The van der Waals surface area contributed by atoms with Crippen LogP contribution in [0.5, 0.6) is 11.5 Å². The summed E-state index contributed by atoms with van der Waals surface area (Å²) in [5.41, 5.74) is 10.4. The zero-order chi connectivity index (χ0) is 43.8. The van der Waals surface area contributed by atoms with Crippen molar-refractivity contribution in [2.75, 3.05) is 86.5 Å². The standard InChI is InChI=1S/C46H53F2N9O6/c1-53(39-12-13-42(59)50-45(39)61)30-7-4-6-29(20-30)37-16-17-54(28-46(37,47)48)25-43(60)55-18-14-34(15-19-55)63-35-9-5-8-31(21-35)57-32-23-56(24-33(57)27-62-26-32)40-22-38(51-52-44(40)49)36-10-2-3-11-41(36)58/h2-11,20-22,32-34,37,39,58H,12-19,23-28H2,1H3,(H2,49,52)(H,50,59,61)/t32-,33+,37-,39-/m1/s1. The van der Waals surface area contributed by atoms with Gasteiger partial charge in [0.05, 0.1) is 55.7 Å². The topological polar surface area (TPSA) is 170 Å². The molecule has 0 spiro atoms. The average Bonchev–Trinajstić information content (AvgIpc) is 3.26. The molecular formula is C46H53F2N9O6. The first-order valence-electron chi connectivity index (χ1n) is 21.7. The number of para-hydroxylation sites is 1. The number of fused-ring (bicyclic) bond motifs is 2. The van der Waals surface area contributed by atoms with Gasteiger partial charge in [0.25, 0.3) is 5.92 Å². The molecule has 9 rings (SSSR count). The molecule has 4 aromatic rings. The quantitative estimate of drug-likeness (QED) is 0.194. The summed E-state index contributed by atoms with van der Waals surface area (Å²) in [7, 11) is 1.74. The molecule has 15 nitrogen and oxygen atoms in total. The van der Waals surface area contributed by atoms with Crippen molar-refractivity contribution in [3.8, 4) is 22.8 Å². The Morgan fingerprint density at radius 3 is 2.46 bits per heavy atom. The van der Waals surface area contributed by atoms with Gasteiger partial charge in [0.15, 0.2) is 5.82 Å². The van der Waals surface area contributed by atoms with Gasteiger partial charge in [0.1, 0.15) is 23.6 Å². The number of nitrogen functional groups attached to an aromatic ring is 1. The van der Waals surface area contributed by atoms with Crippen molar-refractivity contribution < 1.29 is 37.7 Å². The Hall–Kier alpha value is -6.07. The van der Waals surface area contributed by atoms with Gasteiger partial charge in [0, 0.05) is 75.5 Å². The Balaban J connectivity index is 0.770. The maximum Gasteiger partial charge on any atom is 0.267 e. The first-order valence-corrected chi connectivity index (χ1v) is 21.7. The lowest BCUT2D eigenvalue weighted by atomic mass is 9.85. The van der Waals surface area contributed by atoms with E-state index in [2.05, 4.69) is 37.4 Å². The van der Waals surface area contributed by atoms with Crippen molar-refractivity contribution in [1.29, 1.82) is 0 Å². The molecule has 5 aliphatic heterocycles. The van der Waals surface area contributed by atoms with Crippen LogP contribution in [0.3, 0.4) is 0 Å². The molecule has 4 N–H and O–H groups in total. The van der Waals surface area contributed by atoms with Gasteiger partial charge in [-0.3, -0.25) is 24.6 Å². The average molecular weight is 866 g/mol. The number of halogens is 2. The van der Waals surface area contributed by atoms with Crippen molar-refractivity contribution in [3.05, 3.63) is 84.4 Å². The van der Waals surface area contributed by atoms with E-state index < -0.39 is 24.4 Å². The number of carbonyl (C=O) groups is 3. The maximum atomic E-state index is 15.8. The van der Waals surface area contributed by atoms with Gasteiger partial charge in [-0.15, -0.1) is 10.2 Å². The number of hydrogen-bond acceptors (Lipinski definition) is 13. The van der Waals surface area contributed by atoms with E-state index in [1.165, 1.54) is 0 Å². The fourth-order valence-electron chi connectivity index (χ4n) is 9.92. The molecule has 6 heterocycles. The highest BCUT2D eigenvalue weighted by atomic mass is 19.3. The van der Waals surface area contributed by atoms with Gasteiger partial charge in [-0.25, -0.2) is 8.78 Å². The minimum atomic E-state index is -3.07. The predicted molar refractivity (Wildman–Crippen MR) is 233 cm³/mol. The number of amides is 3. The molecule has 0 radical (unpaired) electrons. The van der Waals surface area contributed by atoms with Crippen LogP contribution in [0, 0.1) is 0 Å². The van der Waals surface area contributed by atoms with Crippen molar-refractivity contribution in [1.82, 2.24) is 25.3 Å². The Morgan fingerprint density at radius 1 is 0.952 bits per heavy atom. The minimum absolute atomic E-state index is 0.0268. The third-order valence-corrected chi connectivity index (χ3v) is 13.2. The third kappa shape index (κ3) is 8.93. The first kappa shape index (κ1) is 42.2. The fourth-order valence-corrected chi connectivity index (χ4v) is 9.92. The summed E-state index contributed by atoms with van der Waals surface area (Å²) in [5.74, 6) is -3.77. The number of piperazine rings is 1. The lowest BCUT2D eigenvalue weighted by Gasteiger charge is -2.51. The lowest BCUT2D eigenvalue weighted by molar-refractivity contribution is -0.138. The van der Waals surface area contributed by atoms with E-state index >= 15 is 8.78 Å². The highest BCUT2D eigenvalue weighted by Crippen LogP contribution is 2.42. The molecule has 5 saturated heterocycles. The molecule has 17 heteroatoms. The molecule has 1 aromatic heterocycles. The van der Waals surface area contributed by atoms with Gasteiger partial charge in [-0.2, -0.15) is 0 Å². The van der Waals surface area contributed by atoms with Crippen LogP contribution < -0.4 is 30.5 Å². The normalized spacial score (nSPS) is 24.2. The number of anilines is 4. The number of nitrogens with two attached hydrogens (primary N) is 1. The molecule has 2 bridgehead atoms. The number of morpholine rings is 1. The monoisotopic (exact) mass is 865 g/mol. The number of likely N-dealkylation sites (N-methyl/N-ethyl adjacent to an activating group) is 1. The molecule has 0 saturated carbocycles. The molecule has 332 valence electrons. The van der Waals surface area contributed by atoms with E-state index in [1.807, 2.05) is 24.3 Å². The molecule has 4 atom stereocenters. The van der Waals surface area contributed by atoms with Crippen LogP contribution in [0.1, 0.15) is 43.6 Å². The molecule has 5 aliphatic rings. The molecule has 0 aliphatic carbocycles. The summed E-state index contributed by atoms with van der Waals surface area (Å²) in [5, 5.41) is 21.3. The Kier molecular flexibility index (Phi) is 11.8. The summed E-state index contributed by atoms with van der Waals surface area (Å²) in [6, 6.07) is 23.4. The number of aromatic nitrogens is 2. The summed E-state index contributed by atoms with van der Waals surface area (Å²) >= 11 is 0. The van der Waals surface area contributed by atoms with Crippen LogP contribution in [0.4, 0.5) is 31.7 Å². The van der Waals surface area contributed by atoms with Gasteiger partial charge < -0.3 is 39.9 Å². The molecule has 5 fully saturated rings. The van der Waals surface area contributed by atoms with E-state index in [9.17, 15) is 19.5 Å². The number of imide groups is 1. The number of ether oxygens (including phenoxy) is 2. The first-order chi connectivity index (χ1) is 30.4. The third-order valence-electron chi connectivity index (χ3n) is 13.2. The number of phenolic OH excluding ortho intramolecular Hbond substituents is 1. The second-order valence-electron chi connectivity index (χ2n) is 17.4. The summed E-state index contributed by atoms with van der Waals surface area (Å²) in [6.07, 6.45) is 1.92. The molecule has 63 heavy (non-hydrogen) atoms. The summed E-state index contributed by atoms with van der Waals surface area (Å²) in [6.45, 7) is 3.06. The number of rotatable bonds is 10. The zero-order valence-corrected chi connectivity index (χ0v) is 35.2. The highest BCUT2D eigenvalue weighted by molar-refractivity contribution is 6.01. The van der Waals surface area contributed by atoms with E-state index in [0.29, 0.717) is 93.5 Å². The molecule has 3 amide bonds. The highest BCUT2D eigenvalue weighted by Gasteiger charge is 2.46. The van der Waals surface area contributed by atoms with Crippen molar-refractivity contribution in [2.24, 2.45) is 0 Å². The number of benzene rings is 3. The minimum Gasteiger partial charge on any atom is -0.507 e. The number of hydrogen-bond donors (Lipinski definition) is 3. The molecule has 0 unspecified atom stereocenters. The van der Waals surface area contributed by atoms with Crippen LogP contribution in [-0.2, 0) is 19.1 Å². The summed E-state index contributed by atoms with van der Waals surface area (Å²) < 4.78 is 44.2. The number of phenols is 1. The van der Waals surface area contributed by atoms with Crippen LogP contribution in [0.2, 0.25) is 0 Å². The van der Waals surface area contributed by atoms with Gasteiger partial charge in [0.2, 0.25) is 17.7 Å². The SMILES string of the molecule is CN(c1cccc([C@H]2CCN(CC(=O)N3CCC(Oc4cccc(N5[C@@H]6COC[C@H]5CN(c5cc(-c7ccccc7O)nnc5N)C6)c4)CC3)CC2(F)F)c1)[C@@H]1CCC(=O)NC1=O. The Bertz CT molecular complexity index is 2330. The Labute approximate surface area is 364 Å². The fraction of sp³-hybridized carbons (Fsp3) is 0.457. The van der Waals surface area contributed by atoms with E-state index in [1.54, 1.807) is 64.2 Å². The summed E-state index contributed by atoms with van der Waals surface area (Å²) in [4.78, 5) is 47.2. The number of likely N-dealkylation sites (tertiary alicyclic amines) is 2. The smallest absolute Gasteiger partial charge is 0.267 e. The van der Waals surface area contributed by atoms with E-state index in [0.717, 1.165) is 17.1 Å². The number of piperidine rings is 3. The number of carbonyl (C=O) groups excluding carboxylic acids is 3. The predicted octanol–water partition coefficient (Wildman–Crippen LogP) is 4.26. The van der Waals surface area contributed by atoms with Crippen molar-refractivity contribution >= 4 is 40.6 Å². The van der Waals surface area contributed by atoms with Gasteiger partial charge >= 0.3 is 0 Å². The number of nitrogens with one attached hydrogen (secondary N) is 1. The zero-order valence-electron chi connectivity index (χ0n) is 35.2. The Morgan fingerprint density at radius 2 is 1.71 bits per heavy atom. The van der Waals surface area contributed by atoms with Gasteiger partial charge in [-0.1, -0.05) is 30.3 Å². The second-order valence-corrected chi connectivity index (χ2v) is 17.4. The van der Waals surface area contributed by atoms with E-state index in [-0.39, 0.29) is 61.0 Å². The maximum absolute atomic E-state index is 15.8. The van der Waals surface area contributed by atoms with Crippen molar-refractivity contribution in [3.63, 3.8) is 0 Å². The van der Waals surface area contributed by atoms with Crippen LogP contribution in [0.15, 0.2) is 78.9 Å². The van der Waals surface area contributed by atoms with Crippen LogP contribution in [0.25, 0.3) is 11.3 Å². The largest absolute Gasteiger partial charge is 0.507 e. The second kappa shape index (κ2) is 17.6. The lowest BCUT2D eigenvalue weighted by Crippen LogP contribution is -2.65. The van der Waals surface area contributed by atoms with Gasteiger partial charge in [-0.05, 0) is 67.4 Å². The molecular weight excluding hydrogens is 813 g/mol. The van der Waals surface area contributed by atoms with Crippen LogP contribution in [-0.4, -0.2) is 139 Å². The van der Waals surface area contributed by atoms with Crippen LogP contribution >= 0.6 is 0 Å². The van der Waals surface area contributed by atoms with Crippen molar-refractivity contribution in [2.45, 2.75) is 68.2 Å². The van der Waals surface area contributed by atoms with E-state index in [4.69, 9.17) is 15.2 Å².